The first-order chi connectivity index (χ1) is 6.75. The summed E-state index contributed by atoms with van der Waals surface area (Å²) in [6.45, 7) is 2.42. The molecule has 0 aromatic carbocycles. The number of rotatable bonds is 1. The molecule has 0 spiro atoms. The fourth-order valence-electron chi connectivity index (χ4n) is 3.35. The second-order valence-electron chi connectivity index (χ2n) is 5.63. The van der Waals surface area contributed by atoms with E-state index in [0.717, 1.165) is 23.0 Å². The largest absolute Gasteiger partial charge is 0.113 e. The van der Waals surface area contributed by atoms with Crippen molar-refractivity contribution in [2.24, 2.45) is 17.8 Å². The van der Waals surface area contributed by atoms with Crippen LogP contribution in [0, 0.1) is 17.8 Å². The highest BCUT2D eigenvalue weighted by Crippen LogP contribution is 2.39. The van der Waals surface area contributed by atoms with Crippen molar-refractivity contribution < 1.29 is 0 Å². The third kappa shape index (κ3) is 2.68. The maximum atomic E-state index is 3.80. The Kier molecular flexibility index (Phi) is 3.81. The maximum absolute atomic E-state index is 3.80. The minimum atomic E-state index is 0.828. The Balaban J connectivity index is 1.78. The number of hydrogen-bond donors (Lipinski definition) is 0. The molecule has 2 aliphatic carbocycles. The standard InChI is InChI=1S/C13H24S/c1-10-2-4-11(5-3-10)12-6-8-13(14)9-7-12/h10-14H,2-9H2,1H3/p+1. The quantitative estimate of drug-likeness (QED) is 0.586. The summed E-state index contributed by atoms with van der Waals surface area (Å²) >= 11 is 3.80. The van der Waals surface area contributed by atoms with Crippen molar-refractivity contribution in [3.63, 3.8) is 0 Å². The van der Waals surface area contributed by atoms with E-state index in [2.05, 4.69) is 19.6 Å². The zero-order valence-electron chi connectivity index (χ0n) is 9.47. The molecule has 2 fully saturated rings. The van der Waals surface area contributed by atoms with Gasteiger partial charge in [0.2, 0.25) is 0 Å². The molecule has 0 atom stereocenters. The van der Waals surface area contributed by atoms with Gasteiger partial charge in [0.25, 0.3) is 0 Å². The molecular formula is C13H25S+. The van der Waals surface area contributed by atoms with Crippen LogP contribution in [0.15, 0.2) is 0 Å². The average molecular weight is 213 g/mol. The molecule has 14 heavy (non-hydrogen) atoms. The van der Waals surface area contributed by atoms with E-state index in [4.69, 9.17) is 0 Å². The molecule has 2 rings (SSSR count). The second-order valence-corrected chi connectivity index (χ2v) is 6.45. The van der Waals surface area contributed by atoms with Gasteiger partial charge in [0, 0.05) is 0 Å². The second kappa shape index (κ2) is 4.92. The maximum Gasteiger partial charge on any atom is 0.113 e. The molecule has 0 saturated heterocycles. The van der Waals surface area contributed by atoms with Gasteiger partial charge in [-0.25, -0.2) is 0 Å². The summed E-state index contributed by atoms with van der Waals surface area (Å²) in [5.41, 5.74) is 0. The van der Waals surface area contributed by atoms with Crippen LogP contribution >= 0.6 is 0 Å². The van der Waals surface area contributed by atoms with E-state index in [0.29, 0.717) is 0 Å². The molecule has 2 aliphatic rings. The first-order valence-corrected chi connectivity index (χ1v) is 7.04. The zero-order chi connectivity index (χ0) is 9.97. The molecule has 0 aliphatic heterocycles. The molecule has 0 heterocycles. The van der Waals surface area contributed by atoms with Crippen molar-refractivity contribution >= 4 is 12.6 Å². The van der Waals surface area contributed by atoms with Crippen molar-refractivity contribution in [3.05, 3.63) is 0 Å². The van der Waals surface area contributed by atoms with E-state index < -0.39 is 0 Å². The molecule has 2 saturated carbocycles. The lowest BCUT2D eigenvalue weighted by Crippen LogP contribution is -2.26. The minimum absolute atomic E-state index is 0.828. The Morgan fingerprint density at radius 3 is 1.64 bits per heavy atom. The molecule has 1 heteroatoms. The lowest BCUT2D eigenvalue weighted by Gasteiger charge is -2.35. The third-order valence-corrected chi connectivity index (χ3v) is 5.08. The van der Waals surface area contributed by atoms with Crippen LogP contribution in [-0.2, 0) is 12.6 Å². The fourth-order valence-corrected chi connectivity index (χ4v) is 3.68. The van der Waals surface area contributed by atoms with Gasteiger partial charge in [-0.3, -0.25) is 0 Å². The molecule has 0 bridgehead atoms. The predicted molar refractivity (Wildman–Crippen MR) is 67.0 cm³/mol. The zero-order valence-corrected chi connectivity index (χ0v) is 10.5. The Bertz CT molecular complexity index is 142. The lowest BCUT2D eigenvalue weighted by molar-refractivity contribution is 0.175. The fraction of sp³-hybridized carbons (Fsp3) is 1.00. The van der Waals surface area contributed by atoms with E-state index in [-0.39, 0.29) is 0 Å². The van der Waals surface area contributed by atoms with Crippen LogP contribution in [0.2, 0.25) is 0 Å². The van der Waals surface area contributed by atoms with Crippen LogP contribution in [0.25, 0.3) is 0 Å². The van der Waals surface area contributed by atoms with Crippen LogP contribution in [0.1, 0.15) is 58.3 Å². The molecule has 0 amide bonds. The van der Waals surface area contributed by atoms with Crippen molar-refractivity contribution in [1.29, 1.82) is 0 Å². The Hall–Kier alpha value is 0.350. The lowest BCUT2D eigenvalue weighted by atomic mass is 9.71. The van der Waals surface area contributed by atoms with E-state index in [1.807, 2.05) is 0 Å². The summed E-state index contributed by atoms with van der Waals surface area (Å²) in [5, 5.41) is 0.828. The van der Waals surface area contributed by atoms with Crippen molar-refractivity contribution in [3.8, 4) is 0 Å². The van der Waals surface area contributed by atoms with Gasteiger partial charge in [0.1, 0.15) is 5.25 Å². The van der Waals surface area contributed by atoms with E-state index in [9.17, 15) is 0 Å². The minimum Gasteiger partial charge on any atom is -0.0625 e. The van der Waals surface area contributed by atoms with Gasteiger partial charge in [0.05, 0.1) is 0 Å². The van der Waals surface area contributed by atoms with Crippen molar-refractivity contribution in [1.82, 2.24) is 0 Å². The Labute approximate surface area is 94.3 Å². The van der Waals surface area contributed by atoms with Gasteiger partial charge in [-0.15, -0.1) is 0 Å². The van der Waals surface area contributed by atoms with Gasteiger partial charge in [-0.05, 0) is 68.9 Å². The third-order valence-electron chi connectivity index (χ3n) is 4.50. The van der Waals surface area contributed by atoms with Gasteiger partial charge < -0.3 is 0 Å². The summed E-state index contributed by atoms with van der Waals surface area (Å²) in [6, 6.07) is 0. The molecule has 0 N–H and O–H groups in total. The van der Waals surface area contributed by atoms with Crippen LogP contribution < -0.4 is 0 Å². The highest BCUT2D eigenvalue weighted by atomic mass is 32.1. The smallest absolute Gasteiger partial charge is 0.0625 e. The van der Waals surface area contributed by atoms with E-state index >= 15 is 0 Å². The van der Waals surface area contributed by atoms with Crippen LogP contribution in [0.5, 0.6) is 0 Å². The molecule has 82 valence electrons. The molecule has 0 aromatic rings. The van der Waals surface area contributed by atoms with Crippen LogP contribution in [0.4, 0.5) is 0 Å². The summed E-state index contributed by atoms with van der Waals surface area (Å²) in [5.74, 6) is 3.18. The summed E-state index contributed by atoms with van der Waals surface area (Å²) in [6.07, 6.45) is 11.9. The van der Waals surface area contributed by atoms with Gasteiger partial charge in [-0.1, -0.05) is 19.8 Å². The average Bonchev–Trinajstić information content (AvgIpc) is 2.21. The van der Waals surface area contributed by atoms with E-state index in [1.54, 1.807) is 0 Å². The summed E-state index contributed by atoms with van der Waals surface area (Å²) in [4.78, 5) is 0. The van der Waals surface area contributed by atoms with Crippen LogP contribution in [0.3, 0.4) is 0 Å². The van der Waals surface area contributed by atoms with Gasteiger partial charge in [0.15, 0.2) is 0 Å². The van der Waals surface area contributed by atoms with Gasteiger partial charge in [-0.2, -0.15) is 0 Å². The highest BCUT2D eigenvalue weighted by molar-refractivity contribution is 7.59. The Morgan fingerprint density at radius 2 is 1.14 bits per heavy atom. The molecule has 0 unspecified atom stereocenters. The molecule has 0 aromatic heterocycles. The SMILES string of the molecule is CC1CCC(C2CCC([SH2+])CC2)CC1. The molecule has 0 nitrogen and oxygen atoms in total. The van der Waals surface area contributed by atoms with E-state index in [1.165, 1.54) is 51.4 Å². The predicted octanol–water partition coefficient (Wildman–Crippen LogP) is 3.38. The Morgan fingerprint density at radius 1 is 0.714 bits per heavy atom. The normalized spacial score (nSPS) is 45.0. The first kappa shape index (κ1) is 10.9. The first-order valence-electron chi connectivity index (χ1n) is 6.47. The summed E-state index contributed by atoms with van der Waals surface area (Å²) in [7, 11) is 0. The van der Waals surface area contributed by atoms with Gasteiger partial charge >= 0.3 is 0 Å². The summed E-state index contributed by atoms with van der Waals surface area (Å²) < 4.78 is 0. The monoisotopic (exact) mass is 213 g/mol. The molecular weight excluding hydrogens is 188 g/mol. The topological polar surface area (TPSA) is 0 Å². The van der Waals surface area contributed by atoms with Crippen LogP contribution in [-0.4, -0.2) is 5.25 Å². The van der Waals surface area contributed by atoms with Crippen molar-refractivity contribution in [2.45, 2.75) is 63.5 Å². The number of hydrogen-bond acceptors (Lipinski definition) is 0. The molecule has 0 radical (unpaired) electrons. The highest BCUT2D eigenvalue weighted by Gasteiger charge is 2.30. The van der Waals surface area contributed by atoms with Crippen molar-refractivity contribution in [2.75, 3.05) is 0 Å².